The molecule has 0 aliphatic carbocycles. The van der Waals surface area contributed by atoms with Crippen LogP contribution in [0.15, 0.2) is 59.8 Å². The van der Waals surface area contributed by atoms with Gasteiger partial charge in [-0.2, -0.15) is 4.68 Å². The first-order valence-corrected chi connectivity index (χ1v) is 9.78. The highest BCUT2D eigenvalue weighted by Gasteiger charge is 2.24. The fourth-order valence-corrected chi connectivity index (χ4v) is 3.63. The fraction of sp³-hybridized carbons (Fsp3) is 0.263. The van der Waals surface area contributed by atoms with E-state index >= 15 is 0 Å². The van der Waals surface area contributed by atoms with Crippen molar-refractivity contribution in [3.63, 3.8) is 0 Å². The molecule has 1 aliphatic heterocycles. The molecule has 0 bridgehead atoms. The molecule has 0 saturated carbocycles. The zero-order valence-corrected chi connectivity index (χ0v) is 16.1. The predicted octanol–water partition coefficient (Wildman–Crippen LogP) is 2.05. The largest absolute Gasteiger partial charge is 0.486 e. The Morgan fingerprint density at radius 1 is 1.18 bits per heavy atom. The molecule has 0 radical (unpaired) electrons. The number of hydrogen-bond acceptors (Lipinski definition) is 7. The van der Waals surface area contributed by atoms with Crippen molar-refractivity contribution in [2.45, 2.75) is 11.3 Å². The van der Waals surface area contributed by atoms with E-state index in [4.69, 9.17) is 9.47 Å². The summed E-state index contributed by atoms with van der Waals surface area (Å²) in [6.07, 6.45) is -0.205. The third-order valence-electron chi connectivity index (χ3n) is 4.24. The lowest BCUT2D eigenvalue weighted by Crippen LogP contribution is -2.42. The second kappa shape index (κ2) is 8.30. The standard InChI is InChI=1S/C19H19N5O3S/c1-23(11-15-12-26-16-9-5-6-10-17(16)27-15)18(25)13-28-19-20-21-22-24(19)14-7-3-2-4-8-14/h2-10,15H,11-13H2,1H3/t15-/m1/s1. The first-order valence-electron chi connectivity index (χ1n) is 8.80. The first kappa shape index (κ1) is 18.3. The van der Waals surface area contributed by atoms with Crippen molar-refractivity contribution in [2.75, 3.05) is 26.0 Å². The van der Waals surface area contributed by atoms with Gasteiger partial charge in [-0.15, -0.1) is 5.10 Å². The van der Waals surface area contributed by atoms with Crippen LogP contribution in [0, 0.1) is 0 Å². The van der Waals surface area contributed by atoms with E-state index in [1.54, 1.807) is 16.6 Å². The topological polar surface area (TPSA) is 82.4 Å². The fourth-order valence-electron chi connectivity index (χ4n) is 2.80. The zero-order chi connectivity index (χ0) is 19.3. The average Bonchev–Trinajstić information content (AvgIpc) is 3.21. The van der Waals surface area contributed by atoms with Crippen LogP contribution in [0.25, 0.3) is 5.69 Å². The van der Waals surface area contributed by atoms with Gasteiger partial charge in [0, 0.05) is 7.05 Å². The number of amides is 1. The number of para-hydroxylation sites is 3. The Morgan fingerprint density at radius 3 is 2.75 bits per heavy atom. The van der Waals surface area contributed by atoms with Gasteiger partial charge in [-0.25, -0.2) is 0 Å². The molecule has 2 aromatic carbocycles. The number of ether oxygens (including phenoxy) is 2. The third kappa shape index (κ3) is 4.09. The normalized spacial score (nSPS) is 15.2. The van der Waals surface area contributed by atoms with Gasteiger partial charge in [0.2, 0.25) is 11.1 Å². The van der Waals surface area contributed by atoms with E-state index in [0.29, 0.717) is 24.1 Å². The predicted molar refractivity (Wildman–Crippen MR) is 104 cm³/mol. The summed E-state index contributed by atoms with van der Waals surface area (Å²) in [6, 6.07) is 17.1. The van der Waals surface area contributed by atoms with Gasteiger partial charge in [-0.1, -0.05) is 42.1 Å². The molecule has 0 fully saturated rings. The minimum absolute atomic E-state index is 0.0323. The summed E-state index contributed by atoms with van der Waals surface area (Å²) in [5.74, 6) is 1.63. The van der Waals surface area contributed by atoms with Crippen LogP contribution in [0.2, 0.25) is 0 Å². The number of carbonyl (C=O) groups is 1. The highest BCUT2D eigenvalue weighted by molar-refractivity contribution is 7.99. The number of nitrogens with zero attached hydrogens (tertiary/aromatic N) is 5. The lowest BCUT2D eigenvalue weighted by Gasteiger charge is -2.29. The lowest BCUT2D eigenvalue weighted by atomic mass is 10.2. The van der Waals surface area contributed by atoms with Crippen LogP contribution in [-0.4, -0.2) is 63.1 Å². The van der Waals surface area contributed by atoms with Gasteiger partial charge in [-0.3, -0.25) is 4.79 Å². The summed E-state index contributed by atoms with van der Waals surface area (Å²) in [4.78, 5) is 14.2. The van der Waals surface area contributed by atoms with Crippen LogP contribution >= 0.6 is 11.8 Å². The molecule has 1 amide bonds. The SMILES string of the molecule is CN(C[C@@H]1COc2ccccc2O1)C(=O)CSc1nnnn1-c1ccccc1. The average molecular weight is 397 g/mol. The van der Waals surface area contributed by atoms with E-state index in [1.165, 1.54) is 11.8 Å². The number of aromatic nitrogens is 4. The van der Waals surface area contributed by atoms with Crippen LogP contribution in [0.1, 0.15) is 0 Å². The van der Waals surface area contributed by atoms with E-state index in [-0.39, 0.29) is 17.8 Å². The number of hydrogen-bond donors (Lipinski definition) is 0. The number of tetrazole rings is 1. The van der Waals surface area contributed by atoms with E-state index in [0.717, 1.165) is 11.4 Å². The summed E-state index contributed by atoms with van der Waals surface area (Å²) in [7, 11) is 1.76. The molecule has 8 nitrogen and oxygen atoms in total. The van der Waals surface area contributed by atoms with Crippen LogP contribution in [0.4, 0.5) is 0 Å². The molecule has 4 rings (SSSR count). The smallest absolute Gasteiger partial charge is 0.232 e. The van der Waals surface area contributed by atoms with Crippen LogP contribution in [-0.2, 0) is 4.79 Å². The molecule has 28 heavy (non-hydrogen) atoms. The van der Waals surface area contributed by atoms with Gasteiger partial charge in [0.1, 0.15) is 6.61 Å². The van der Waals surface area contributed by atoms with Crippen LogP contribution in [0.3, 0.4) is 0 Å². The van der Waals surface area contributed by atoms with Crippen molar-refractivity contribution in [3.8, 4) is 17.2 Å². The Labute approximate surface area is 166 Å². The summed E-state index contributed by atoms with van der Waals surface area (Å²) < 4.78 is 13.2. The number of likely N-dealkylation sites (N-methyl/N-ethyl adjacent to an activating group) is 1. The monoisotopic (exact) mass is 397 g/mol. The second-order valence-corrected chi connectivity index (χ2v) is 7.21. The van der Waals surface area contributed by atoms with Gasteiger partial charge in [0.15, 0.2) is 17.6 Å². The maximum absolute atomic E-state index is 12.5. The Hall–Kier alpha value is -3.07. The summed E-state index contributed by atoms with van der Waals surface area (Å²) in [6.45, 7) is 0.853. The van der Waals surface area contributed by atoms with Crippen molar-refractivity contribution in [2.24, 2.45) is 0 Å². The molecule has 1 aromatic heterocycles. The molecule has 3 aromatic rings. The Bertz CT molecular complexity index is 950. The van der Waals surface area contributed by atoms with Gasteiger partial charge in [0.05, 0.1) is 18.0 Å². The van der Waals surface area contributed by atoms with Crippen molar-refractivity contribution >= 4 is 17.7 Å². The van der Waals surface area contributed by atoms with Crippen LogP contribution in [0.5, 0.6) is 11.5 Å². The highest BCUT2D eigenvalue weighted by atomic mass is 32.2. The van der Waals surface area contributed by atoms with Crippen molar-refractivity contribution in [1.82, 2.24) is 25.1 Å². The molecule has 0 saturated heterocycles. The van der Waals surface area contributed by atoms with E-state index in [2.05, 4.69) is 15.5 Å². The highest BCUT2D eigenvalue weighted by Crippen LogP contribution is 2.31. The molecule has 0 spiro atoms. The third-order valence-corrected chi connectivity index (χ3v) is 5.14. The van der Waals surface area contributed by atoms with Gasteiger partial charge < -0.3 is 14.4 Å². The molecule has 1 aliphatic rings. The molecular weight excluding hydrogens is 378 g/mol. The molecule has 9 heteroatoms. The lowest BCUT2D eigenvalue weighted by molar-refractivity contribution is -0.128. The number of benzene rings is 2. The molecule has 0 unspecified atom stereocenters. The van der Waals surface area contributed by atoms with Gasteiger partial charge in [0.25, 0.3) is 0 Å². The van der Waals surface area contributed by atoms with Crippen molar-refractivity contribution in [3.05, 3.63) is 54.6 Å². The maximum atomic E-state index is 12.5. The van der Waals surface area contributed by atoms with E-state index in [1.807, 2.05) is 54.6 Å². The molecule has 1 atom stereocenters. The zero-order valence-electron chi connectivity index (χ0n) is 15.3. The maximum Gasteiger partial charge on any atom is 0.232 e. The van der Waals surface area contributed by atoms with Gasteiger partial charge in [-0.05, 0) is 34.7 Å². The quantitative estimate of drug-likeness (QED) is 0.589. The molecule has 2 heterocycles. The minimum atomic E-state index is -0.205. The van der Waals surface area contributed by atoms with E-state index in [9.17, 15) is 4.79 Å². The Morgan fingerprint density at radius 2 is 1.93 bits per heavy atom. The van der Waals surface area contributed by atoms with E-state index < -0.39 is 0 Å². The van der Waals surface area contributed by atoms with Gasteiger partial charge >= 0.3 is 0 Å². The van der Waals surface area contributed by atoms with Crippen molar-refractivity contribution < 1.29 is 14.3 Å². The minimum Gasteiger partial charge on any atom is -0.486 e. The van der Waals surface area contributed by atoms with Crippen molar-refractivity contribution in [1.29, 1.82) is 0 Å². The molecule has 144 valence electrons. The summed E-state index contributed by atoms with van der Waals surface area (Å²) >= 11 is 1.30. The first-order chi connectivity index (χ1) is 13.7. The number of rotatable bonds is 6. The number of fused-ring (bicyclic) bond motifs is 1. The molecule has 0 N–H and O–H groups in total. The second-order valence-electron chi connectivity index (χ2n) is 6.27. The Kier molecular flexibility index (Phi) is 5.43. The number of carbonyl (C=O) groups excluding carboxylic acids is 1. The van der Waals surface area contributed by atoms with Crippen LogP contribution < -0.4 is 9.47 Å². The summed E-state index contributed by atoms with van der Waals surface area (Å²) in [5, 5.41) is 12.3. The molecular formula is C19H19N5O3S. The Balaban J connectivity index is 1.32. The summed E-state index contributed by atoms with van der Waals surface area (Å²) in [5.41, 5.74) is 0.849. The number of thioether (sulfide) groups is 1.